The molecule has 0 saturated carbocycles. The SMILES string of the molecule is CCC1CNC(CC)(CC)CN1Cc1cc(Br)cs1. The quantitative estimate of drug-likeness (QED) is 0.858. The molecule has 1 N–H and O–H groups in total. The number of thiophene rings is 1. The molecule has 1 saturated heterocycles. The van der Waals surface area contributed by atoms with Crippen LogP contribution in [0.1, 0.15) is 44.9 Å². The molecule has 1 atom stereocenters. The van der Waals surface area contributed by atoms with E-state index < -0.39 is 0 Å². The molecule has 2 rings (SSSR count). The summed E-state index contributed by atoms with van der Waals surface area (Å²) in [6, 6.07) is 2.94. The van der Waals surface area contributed by atoms with Crippen molar-refractivity contribution in [1.82, 2.24) is 10.2 Å². The minimum absolute atomic E-state index is 0.320. The van der Waals surface area contributed by atoms with Gasteiger partial charge in [-0.15, -0.1) is 11.3 Å². The second kappa shape index (κ2) is 6.70. The number of rotatable bonds is 5. The van der Waals surface area contributed by atoms with Gasteiger partial charge in [0.25, 0.3) is 0 Å². The Morgan fingerprint density at radius 1 is 1.42 bits per heavy atom. The van der Waals surface area contributed by atoms with Crippen molar-refractivity contribution in [3.05, 3.63) is 20.8 Å². The fourth-order valence-corrected chi connectivity index (χ4v) is 4.46. The van der Waals surface area contributed by atoms with Crippen molar-refractivity contribution in [2.24, 2.45) is 0 Å². The third kappa shape index (κ3) is 3.60. The summed E-state index contributed by atoms with van der Waals surface area (Å²) >= 11 is 5.42. The first kappa shape index (κ1) is 15.5. The number of piperazine rings is 1. The fourth-order valence-electron chi connectivity index (χ4n) is 2.99. The van der Waals surface area contributed by atoms with Crippen molar-refractivity contribution in [3.8, 4) is 0 Å². The average Bonchev–Trinajstić information content (AvgIpc) is 2.84. The van der Waals surface area contributed by atoms with E-state index in [0.29, 0.717) is 11.6 Å². The number of hydrogen-bond donors (Lipinski definition) is 1. The second-order valence-corrected chi connectivity index (χ2v) is 7.48. The Balaban J connectivity index is 2.09. The molecule has 1 aromatic rings. The molecule has 19 heavy (non-hydrogen) atoms. The Kier molecular flexibility index (Phi) is 5.46. The summed E-state index contributed by atoms with van der Waals surface area (Å²) in [5.41, 5.74) is 0.320. The molecule has 2 nitrogen and oxygen atoms in total. The molecule has 1 unspecified atom stereocenters. The normalized spacial score (nSPS) is 23.7. The van der Waals surface area contributed by atoms with Crippen LogP contribution in [0.25, 0.3) is 0 Å². The lowest BCUT2D eigenvalue weighted by Gasteiger charge is -2.47. The minimum atomic E-state index is 0.320. The highest BCUT2D eigenvalue weighted by Crippen LogP contribution is 2.27. The zero-order valence-electron chi connectivity index (χ0n) is 12.2. The van der Waals surface area contributed by atoms with Crippen LogP contribution in [0.3, 0.4) is 0 Å². The van der Waals surface area contributed by atoms with E-state index in [9.17, 15) is 0 Å². The summed E-state index contributed by atoms with van der Waals surface area (Å²) in [6.07, 6.45) is 3.65. The highest BCUT2D eigenvalue weighted by molar-refractivity contribution is 9.10. The van der Waals surface area contributed by atoms with E-state index in [2.05, 4.69) is 58.4 Å². The molecule has 1 fully saturated rings. The molecular weight excluding hydrogens is 320 g/mol. The van der Waals surface area contributed by atoms with Gasteiger partial charge in [0.2, 0.25) is 0 Å². The van der Waals surface area contributed by atoms with Crippen LogP contribution in [0.2, 0.25) is 0 Å². The molecule has 0 spiro atoms. The van der Waals surface area contributed by atoms with Gasteiger partial charge in [-0.25, -0.2) is 0 Å². The lowest BCUT2D eigenvalue weighted by atomic mass is 9.88. The van der Waals surface area contributed by atoms with E-state index in [1.807, 2.05) is 11.3 Å². The molecule has 1 aliphatic rings. The molecule has 4 heteroatoms. The molecule has 0 amide bonds. The molecule has 0 bridgehead atoms. The largest absolute Gasteiger partial charge is 0.308 e. The van der Waals surface area contributed by atoms with Crippen LogP contribution >= 0.6 is 27.3 Å². The maximum Gasteiger partial charge on any atom is 0.0332 e. The number of nitrogens with zero attached hydrogens (tertiary/aromatic N) is 1. The first-order chi connectivity index (χ1) is 9.12. The van der Waals surface area contributed by atoms with Crippen LogP contribution in [0, 0.1) is 0 Å². The van der Waals surface area contributed by atoms with Crippen molar-refractivity contribution >= 4 is 27.3 Å². The van der Waals surface area contributed by atoms with Gasteiger partial charge in [0, 0.05) is 45.9 Å². The van der Waals surface area contributed by atoms with Crippen LogP contribution < -0.4 is 5.32 Å². The van der Waals surface area contributed by atoms with Gasteiger partial charge in [-0.1, -0.05) is 20.8 Å². The van der Waals surface area contributed by atoms with E-state index in [4.69, 9.17) is 0 Å². The molecule has 1 aliphatic heterocycles. The Labute approximate surface area is 129 Å². The molecule has 0 radical (unpaired) electrons. The summed E-state index contributed by atoms with van der Waals surface area (Å²) in [6.45, 7) is 10.3. The van der Waals surface area contributed by atoms with Crippen molar-refractivity contribution in [1.29, 1.82) is 0 Å². The minimum Gasteiger partial charge on any atom is -0.308 e. The molecule has 0 aliphatic carbocycles. The van der Waals surface area contributed by atoms with Gasteiger partial charge in [-0.3, -0.25) is 4.90 Å². The maximum atomic E-state index is 3.81. The lowest BCUT2D eigenvalue weighted by Crippen LogP contribution is -2.63. The van der Waals surface area contributed by atoms with E-state index >= 15 is 0 Å². The molecule has 108 valence electrons. The third-order valence-electron chi connectivity index (χ3n) is 4.54. The summed E-state index contributed by atoms with van der Waals surface area (Å²) < 4.78 is 1.22. The van der Waals surface area contributed by atoms with Crippen LogP contribution in [-0.4, -0.2) is 29.6 Å². The summed E-state index contributed by atoms with van der Waals surface area (Å²) in [4.78, 5) is 4.15. The molecular formula is C15H25BrN2S. The van der Waals surface area contributed by atoms with Crippen LogP contribution in [0.4, 0.5) is 0 Å². The van der Waals surface area contributed by atoms with E-state index in [0.717, 1.165) is 13.1 Å². The monoisotopic (exact) mass is 344 g/mol. The van der Waals surface area contributed by atoms with E-state index in [1.54, 1.807) is 0 Å². The third-order valence-corrected chi connectivity index (χ3v) is 6.22. The van der Waals surface area contributed by atoms with Crippen molar-refractivity contribution < 1.29 is 0 Å². The van der Waals surface area contributed by atoms with Crippen molar-refractivity contribution in [3.63, 3.8) is 0 Å². The highest BCUT2D eigenvalue weighted by atomic mass is 79.9. The van der Waals surface area contributed by atoms with Gasteiger partial charge in [-0.05, 0) is 41.3 Å². The Morgan fingerprint density at radius 2 is 2.16 bits per heavy atom. The van der Waals surface area contributed by atoms with Crippen molar-refractivity contribution in [2.75, 3.05) is 13.1 Å². The van der Waals surface area contributed by atoms with Gasteiger partial charge in [0.1, 0.15) is 0 Å². The van der Waals surface area contributed by atoms with Gasteiger partial charge in [0.05, 0.1) is 0 Å². The zero-order valence-corrected chi connectivity index (χ0v) is 14.6. The first-order valence-corrected chi connectivity index (χ1v) is 9.01. The van der Waals surface area contributed by atoms with Crippen molar-refractivity contribution in [2.45, 2.75) is 58.2 Å². The fraction of sp³-hybridized carbons (Fsp3) is 0.733. The van der Waals surface area contributed by atoms with Crippen LogP contribution in [0.15, 0.2) is 15.9 Å². The van der Waals surface area contributed by atoms with Gasteiger partial charge in [0.15, 0.2) is 0 Å². The Morgan fingerprint density at radius 3 is 2.68 bits per heavy atom. The summed E-state index contributed by atoms with van der Waals surface area (Å²) in [5.74, 6) is 0. The molecule has 2 heterocycles. The van der Waals surface area contributed by atoms with E-state index in [-0.39, 0.29) is 0 Å². The van der Waals surface area contributed by atoms with E-state index in [1.165, 1.54) is 35.2 Å². The highest BCUT2D eigenvalue weighted by Gasteiger charge is 2.35. The maximum absolute atomic E-state index is 3.81. The molecule has 0 aromatic carbocycles. The zero-order chi connectivity index (χ0) is 13.9. The van der Waals surface area contributed by atoms with Crippen LogP contribution in [0.5, 0.6) is 0 Å². The predicted molar refractivity (Wildman–Crippen MR) is 87.8 cm³/mol. The van der Waals surface area contributed by atoms with Gasteiger partial charge in [-0.2, -0.15) is 0 Å². The molecule has 1 aromatic heterocycles. The van der Waals surface area contributed by atoms with Crippen LogP contribution in [-0.2, 0) is 6.54 Å². The number of nitrogens with one attached hydrogen (secondary N) is 1. The Bertz CT molecular complexity index is 401. The average molecular weight is 345 g/mol. The predicted octanol–water partition coefficient (Wildman–Crippen LogP) is 4.25. The summed E-state index contributed by atoms with van der Waals surface area (Å²) in [5, 5.41) is 5.99. The first-order valence-electron chi connectivity index (χ1n) is 7.34. The summed E-state index contributed by atoms with van der Waals surface area (Å²) in [7, 11) is 0. The topological polar surface area (TPSA) is 15.3 Å². The second-order valence-electron chi connectivity index (χ2n) is 5.57. The Hall–Kier alpha value is 0.1000. The van der Waals surface area contributed by atoms with Gasteiger partial charge >= 0.3 is 0 Å². The number of hydrogen-bond acceptors (Lipinski definition) is 3. The standard InChI is InChI=1S/C15H25BrN2S/c1-4-13-8-17-15(5-2,6-3)11-18(13)9-14-7-12(16)10-19-14/h7,10,13,17H,4-6,8-9,11H2,1-3H3. The smallest absolute Gasteiger partial charge is 0.0332 e. The lowest BCUT2D eigenvalue weighted by molar-refractivity contribution is 0.0651. The number of halogens is 1. The van der Waals surface area contributed by atoms with Gasteiger partial charge < -0.3 is 5.32 Å².